The number of carbonyl (C=O) groups excluding carboxylic acids is 3. The van der Waals surface area contributed by atoms with Gasteiger partial charge < -0.3 is 14.8 Å². The maximum Gasteiger partial charge on any atom is 0.337 e. The number of benzene rings is 2. The van der Waals surface area contributed by atoms with Gasteiger partial charge in [0.2, 0.25) is 0 Å². The number of hydrogen-bond acceptors (Lipinski definition) is 5. The van der Waals surface area contributed by atoms with E-state index in [2.05, 4.69) is 10.1 Å². The van der Waals surface area contributed by atoms with Gasteiger partial charge in [0, 0.05) is 12.6 Å². The topological polar surface area (TPSA) is 81.7 Å². The van der Waals surface area contributed by atoms with Crippen LogP contribution < -0.4 is 5.32 Å². The predicted molar refractivity (Wildman–Crippen MR) is 106 cm³/mol. The van der Waals surface area contributed by atoms with E-state index in [-0.39, 0.29) is 18.4 Å². The second kappa shape index (κ2) is 10.7. The van der Waals surface area contributed by atoms with Crippen molar-refractivity contribution in [3.05, 3.63) is 77.4 Å². The van der Waals surface area contributed by atoms with Crippen molar-refractivity contribution >= 4 is 23.9 Å². The van der Waals surface area contributed by atoms with Gasteiger partial charge in [-0.25, -0.2) is 9.59 Å². The first kappa shape index (κ1) is 20.9. The van der Waals surface area contributed by atoms with Crippen molar-refractivity contribution in [2.45, 2.75) is 12.8 Å². The molecule has 1 N–H and O–H groups in total. The molecule has 1 atom stereocenters. The molecule has 1 amide bonds. The van der Waals surface area contributed by atoms with Crippen LogP contribution in [-0.2, 0) is 19.1 Å². The number of ether oxygens (including phenoxy) is 2. The second-order valence-corrected chi connectivity index (χ2v) is 6.17. The van der Waals surface area contributed by atoms with Crippen LogP contribution in [0.15, 0.2) is 60.7 Å². The van der Waals surface area contributed by atoms with Crippen LogP contribution in [0.25, 0.3) is 6.08 Å². The van der Waals surface area contributed by atoms with Crippen LogP contribution >= 0.6 is 0 Å². The zero-order chi connectivity index (χ0) is 20.4. The molecule has 0 bridgehead atoms. The average molecular weight is 381 g/mol. The van der Waals surface area contributed by atoms with E-state index >= 15 is 0 Å². The zero-order valence-electron chi connectivity index (χ0n) is 15.9. The Bertz CT molecular complexity index is 828. The number of amides is 1. The molecular formula is C22H23NO5. The summed E-state index contributed by atoms with van der Waals surface area (Å²) in [7, 11) is 1.31. The maximum absolute atomic E-state index is 11.8. The first-order valence-corrected chi connectivity index (χ1v) is 8.84. The molecule has 0 aromatic heterocycles. The van der Waals surface area contributed by atoms with Crippen molar-refractivity contribution in [1.29, 1.82) is 0 Å². The van der Waals surface area contributed by atoms with E-state index in [0.717, 1.165) is 5.56 Å². The minimum atomic E-state index is -0.622. The second-order valence-electron chi connectivity index (χ2n) is 6.17. The van der Waals surface area contributed by atoms with Crippen LogP contribution in [0.2, 0.25) is 0 Å². The van der Waals surface area contributed by atoms with Crippen molar-refractivity contribution in [2.24, 2.45) is 0 Å². The molecule has 0 aliphatic heterocycles. The normalized spacial score (nSPS) is 11.6. The molecule has 0 aliphatic carbocycles. The summed E-state index contributed by atoms with van der Waals surface area (Å²) in [6, 6.07) is 16.4. The number of carbonyl (C=O) groups is 3. The summed E-state index contributed by atoms with van der Waals surface area (Å²) in [4.78, 5) is 34.9. The first-order valence-electron chi connectivity index (χ1n) is 8.84. The monoisotopic (exact) mass is 381 g/mol. The van der Waals surface area contributed by atoms with Gasteiger partial charge in [0.1, 0.15) is 0 Å². The van der Waals surface area contributed by atoms with Gasteiger partial charge in [0.15, 0.2) is 6.61 Å². The molecule has 6 nitrogen and oxygen atoms in total. The van der Waals surface area contributed by atoms with Crippen LogP contribution in [-0.4, -0.2) is 38.1 Å². The first-order chi connectivity index (χ1) is 13.5. The highest BCUT2D eigenvalue weighted by molar-refractivity contribution is 5.91. The molecule has 2 aromatic carbocycles. The van der Waals surface area contributed by atoms with Crippen molar-refractivity contribution in [2.75, 3.05) is 20.3 Å². The fourth-order valence-corrected chi connectivity index (χ4v) is 2.41. The Balaban J connectivity index is 1.73. The van der Waals surface area contributed by atoms with Gasteiger partial charge in [-0.2, -0.15) is 0 Å². The van der Waals surface area contributed by atoms with E-state index in [1.54, 1.807) is 30.3 Å². The Hall–Kier alpha value is -3.41. The van der Waals surface area contributed by atoms with Crippen LogP contribution in [0.1, 0.15) is 34.3 Å². The molecule has 2 rings (SSSR count). The molecule has 2 aromatic rings. The third-order valence-corrected chi connectivity index (χ3v) is 4.06. The fraction of sp³-hybridized carbons (Fsp3) is 0.227. The standard InChI is InChI=1S/C22H23NO5/c1-16(18-6-4-3-5-7-18)14-23-20(24)15-28-21(25)13-10-17-8-11-19(12-9-17)22(26)27-2/h3-13,16H,14-15H2,1-2H3,(H,23,24)/b13-10+/t16-/m0/s1. The van der Waals surface area contributed by atoms with Crippen LogP contribution in [0.4, 0.5) is 0 Å². The van der Waals surface area contributed by atoms with Gasteiger partial charge in [0.05, 0.1) is 12.7 Å². The van der Waals surface area contributed by atoms with Crippen molar-refractivity contribution in [3.63, 3.8) is 0 Å². The molecule has 0 spiro atoms. The van der Waals surface area contributed by atoms with Crippen LogP contribution in [0.5, 0.6) is 0 Å². The highest BCUT2D eigenvalue weighted by Crippen LogP contribution is 2.12. The van der Waals surface area contributed by atoms with Crippen molar-refractivity contribution < 1.29 is 23.9 Å². The van der Waals surface area contributed by atoms with E-state index in [0.29, 0.717) is 17.7 Å². The van der Waals surface area contributed by atoms with Crippen LogP contribution in [0, 0.1) is 0 Å². The summed E-state index contributed by atoms with van der Waals surface area (Å²) in [5, 5.41) is 2.75. The summed E-state index contributed by atoms with van der Waals surface area (Å²) in [6.07, 6.45) is 2.77. The summed E-state index contributed by atoms with van der Waals surface area (Å²) < 4.78 is 9.55. The van der Waals surface area contributed by atoms with Gasteiger partial charge in [-0.15, -0.1) is 0 Å². The Kier molecular flexibility index (Phi) is 7.96. The maximum atomic E-state index is 11.8. The number of esters is 2. The molecule has 0 unspecified atom stereocenters. The van der Waals surface area contributed by atoms with Gasteiger partial charge in [-0.1, -0.05) is 49.4 Å². The zero-order valence-corrected chi connectivity index (χ0v) is 15.9. The highest BCUT2D eigenvalue weighted by Gasteiger charge is 2.09. The number of rotatable bonds is 8. The number of hydrogen-bond donors (Lipinski definition) is 1. The lowest BCUT2D eigenvalue weighted by Crippen LogP contribution is -2.31. The fourth-order valence-electron chi connectivity index (χ4n) is 2.41. The largest absolute Gasteiger partial charge is 0.465 e. The van der Waals surface area contributed by atoms with Gasteiger partial charge in [-0.05, 0) is 35.3 Å². The smallest absolute Gasteiger partial charge is 0.337 e. The van der Waals surface area contributed by atoms with E-state index in [1.807, 2.05) is 37.3 Å². The third-order valence-electron chi connectivity index (χ3n) is 4.06. The number of nitrogens with one attached hydrogen (secondary N) is 1. The van der Waals surface area contributed by atoms with Gasteiger partial charge in [-0.3, -0.25) is 4.79 Å². The lowest BCUT2D eigenvalue weighted by Gasteiger charge is -2.12. The van der Waals surface area contributed by atoms with Crippen molar-refractivity contribution in [3.8, 4) is 0 Å². The third kappa shape index (κ3) is 6.72. The Morgan fingerprint density at radius 1 is 1.04 bits per heavy atom. The molecule has 0 radical (unpaired) electrons. The van der Waals surface area contributed by atoms with Gasteiger partial charge >= 0.3 is 11.9 Å². The lowest BCUT2D eigenvalue weighted by molar-refractivity contribution is -0.143. The van der Waals surface area contributed by atoms with E-state index < -0.39 is 11.9 Å². The summed E-state index contributed by atoms with van der Waals surface area (Å²) in [5.74, 6) is -1.24. The Labute approximate surface area is 164 Å². The molecule has 6 heteroatoms. The Morgan fingerprint density at radius 2 is 1.71 bits per heavy atom. The number of methoxy groups -OCH3 is 1. The summed E-state index contributed by atoms with van der Waals surface area (Å²) >= 11 is 0. The molecule has 28 heavy (non-hydrogen) atoms. The van der Waals surface area contributed by atoms with E-state index in [9.17, 15) is 14.4 Å². The molecule has 146 valence electrons. The Morgan fingerprint density at radius 3 is 2.36 bits per heavy atom. The molecular weight excluding hydrogens is 358 g/mol. The van der Waals surface area contributed by atoms with Crippen molar-refractivity contribution in [1.82, 2.24) is 5.32 Å². The van der Waals surface area contributed by atoms with E-state index in [1.165, 1.54) is 13.2 Å². The molecule has 0 saturated carbocycles. The minimum Gasteiger partial charge on any atom is -0.465 e. The van der Waals surface area contributed by atoms with E-state index in [4.69, 9.17) is 4.74 Å². The predicted octanol–water partition coefficient (Wildman–Crippen LogP) is 2.95. The molecule has 0 fully saturated rings. The van der Waals surface area contributed by atoms with Crippen LogP contribution in [0.3, 0.4) is 0 Å². The summed E-state index contributed by atoms with van der Waals surface area (Å²) in [6.45, 7) is 2.13. The van der Waals surface area contributed by atoms with Gasteiger partial charge in [0.25, 0.3) is 5.91 Å². The SMILES string of the molecule is COC(=O)c1ccc(/C=C/C(=O)OCC(=O)NC[C@H](C)c2ccccc2)cc1. The summed E-state index contributed by atoms with van der Waals surface area (Å²) in [5.41, 5.74) is 2.26. The molecule has 0 aliphatic rings. The molecule has 0 heterocycles. The average Bonchev–Trinajstić information content (AvgIpc) is 2.74. The quantitative estimate of drug-likeness (QED) is 0.562. The minimum absolute atomic E-state index is 0.161. The lowest BCUT2D eigenvalue weighted by atomic mass is 10.0. The highest BCUT2D eigenvalue weighted by atomic mass is 16.5. The molecule has 0 saturated heterocycles.